The van der Waals surface area contributed by atoms with Gasteiger partial charge >= 0.3 is 0 Å². The molecule has 3 rings (SSSR count). The van der Waals surface area contributed by atoms with Crippen molar-refractivity contribution in [1.29, 1.82) is 0 Å². The van der Waals surface area contributed by atoms with E-state index in [1.54, 1.807) is 11.3 Å². The number of anilines is 4. The Bertz CT molecular complexity index is 613. The molecule has 1 fully saturated rings. The van der Waals surface area contributed by atoms with Gasteiger partial charge in [0.25, 0.3) is 0 Å². The third-order valence-electron chi connectivity index (χ3n) is 3.83. The van der Waals surface area contributed by atoms with Crippen molar-refractivity contribution < 1.29 is 0 Å². The molecule has 4 N–H and O–H groups in total. The van der Waals surface area contributed by atoms with Gasteiger partial charge in [0.05, 0.1) is 5.69 Å². The predicted octanol–water partition coefficient (Wildman–Crippen LogP) is 3.23. The fourth-order valence-corrected chi connectivity index (χ4v) is 3.31. The Morgan fingerprint density at radius 3 is 2.57 bits per heavy atom. The molecule has 1 aliphatic carbocycles. The largest absolute Gasteiger partial charge is 0.393 e. The number of nitrogens with two attached hydrogens (primary N) is 1. The first-order valence-electron chi connectivity index (χ1n) is 7.21. The third-order valence-corrected chi connectivity index (χ3v) is 4.82. The van der Waals surface area contributed by atoms with Crippen LogP contribution in [0.4, 0.5) is 22.5 Å². The summed E-state index contributed by atoms with van der Waals surface area (Å²) in [6.45, 7) is 4.04. The van der Waals surface area contributed by atoms with Crippen LogP contribution in [-0.4, -0.2) is 21.0 Å². The Kier molecular flexibility index (Phi) is 3.92. The van der Waals surface area contributed by atoms with E-state index < -0.39 is 0 Å². The van der Waals surface area contributed by atoms with Crippen molar-refractivity contribution in [3.63, 3.8) is 0 Å². The zero-order chi connectivity index (χ0) is 14.8. The normalized spacial score (nSPS) is 15.3. The van der Waals surface area contributed by atoms with Gasteiger partial charge in [-0.3, -0.25) is 0 Å². The van der Waals surface area contributed by atoms with Crippen molar-refractivity contribution in [2.45, 2.75) is 45.6 Å². The van der Waals surface area contributed by atoms with Crippen LogP contribution >= 0.6 is 11.3 Å². The maximum atomic E-state index is 6.18. The summed E-state index contributed by atoms with van der Waals surface area (Å²) in [7, 11) is 0. The van der Waals surface area contributed by atoms with Crippen LogP contribution in [0.1, 0.15) is 36.3 Å². The van der Waals surface area contributed by atoms with Gasteiger partial charge in [-0.25, -0.2) is 15.0 Å². The van der Waals surface area contributed by atoms with E-state index in [1.165, 1.54) is 36.9 Å². The van der Waals surface area contributed by atoms with Crippen molar-refractivity contribution in [3.8, 4) is 0 Å². The minimum Gasteiger partial charge on any atom is -0.393 e. The Labute approximate surface area is 128 Å². The van der Waals surface area contributed by atoms with Gasteiger partial charge in [-0.15, -0.1) is 11.3 Å². The van der Waals surface area contributed by atoms with Crippen molar-refractivity contribution >= 4 is 33.8 Å². The van der Waals surface area contributed by atoms with E-state index in [1.807, 2.05) is 6.92 Å². The summed E-state index contributed by atoms with van der Waals surface area (Å²) in [6.07, 6.45) is 6.42. The van der Waals surface area contributed by atoms with Crippen molar-refractivity contribution in [2.24, 2.45) is 0 Å². The Morgan fingerprint density at radius 1 is 1.19 bits per heavy atom. The molecular formula is C14H20N6S. The highest BCUT2D eigenvalue weighted by atomic mass is 32.1. The maximum Gasteiger partial charge on any atom is 0.188 e. The SMILES string of the molecule is Cc1nc(Nc2ncnc(NC3CCCC3)c2N)sc1C. The second-order valence-corrected chi connectivity index (χ2v) is 6.60. The minimum atomic E-state index is 0.472. The van der Waals surface area contributed by atoms with E-state index in [4.69, 9.17) is 5.73 Å². The summed E-state index contributed by atoms with van der Waals surface area (Å²) in [4.78, 5) is 14.1. The van der Waals surface area contributed by atoms with E-state index in [-0.39, 0.29) is 0 Å². The van der Waals surface area contributed by atoms with Crippen LogP contribution in [-0.2, 0) is 0 Å². The molecule has 0 atom stereocenters. The number of aryl methyl sites for hydroxylation is 2. The van der Waals surface area contributed by atoms with Crippen LogP contribution < -0.4 is 16.4 Å². The van der Waals surface area contributed by atoms with Gasteiger partial charge in [-0.2, -0.15) is 0 Å². The number of thiazole rings is 1. The van der Waals surface area contributed by atoms with Gasteiger partial charge in [0, 0.05) is 10.9 Å². The Morgan fingerprint density at radius 2 is 1.90 bits per heavy atom. The molecule has 1 aliphatic rings. The van der Waals surface area contributed by atoms with Crippen LogP contribution in [0.25, 0.3) is 0 Å². The first-order chi connectivity index (χ1) is 10.1. The zero-order valence-corrected chi connectivity index (χ0v) is 13.1. The second-order valence-electron chi connectivity index (χ2n) is 5.40. The molecular weight excluding hydrogens is 284 g/mol. The Hall–Kier alpha value is -1.89. The minimum absolute atomic E-state index is 0.472. The lowest BCUT2D eigenvalue weighted by Gasteiger charge is -2.15. The van der Waals surface area contributed by atoms with Gasteiger partial charge in [0.15, 0.2) is 16.8 Å². The smallest absolute Gasteiger partial charge is 0.188 e. The topological polar surface area (TPSA) is 88.8 Å². The van der Waals surface area contributed by atoms with E-state index in [2.05, 4.69) is 32.5 Å². The fraction of sp³-hybridized carbons (Fsp3) is 0.500. The van der Waals surface area contributed by atoms with Crippen LogP contribution in [0, 0.1) is 13.8 Å². The molecule has 0 unspecified atom stereocenters. The van der Waals surface area contributed by atoms with Gasteiger partial charge < -0.3 is 16.4 Å². The van der Waals surface area contributed by atoms with Crippen LogP contribution in [0.5, 0.6) is 0 Å². The first-order valence-corrected chi connectivity index (χ1v) is 8.03. The predicted molar refractivity (Wildman–Crippen MR) is 87.2 cm³/mol. The van der Waals surface area contributed by atoms with Gasteiger partial charge in [-0.1, -0.05) is 12.8 Å². The van der Waals surface area contributed by atoms with Gasteiger partial charge in [0.2, 0.25) is 0 Å². The molecule has 112 valence electrons. The average molecular weight is 304 g/mol. The molecule has 6 nitrogen and oxygen atoms in total. The van der Waals surface area contributed by atoms with E-state index in [0.717, 1.165) is 10.8 Å². The molecule has 2 heterocycles. The molecule has 0 spiro atoms. The Balaban J connectivity index is 1.78. The molecule has 0 radical (unpaired) electrons. The first kappa shape index (κ1) is 14.1. The molecule has 21 heavy (non-hydrogen) atoms. The number of aromatic nitrogens is 3. The molecule has 0 bridgehead atoms. The average Bonchev–Trinajstić information content (AvgIpc) is 3.06. The highest BCUT2D eigenvalue weighted by Crippen LogP contribution is 2.30. The summed E-state index contributed by atoms with van der Waals surface area (Å²) in [6, 6.07) is 0.472. The van der Waals surface area contributed by atoms with Gasteiger partial charge in [-0.05, 0) is 26.7 Å². The van der Waals surface area contributed by atoms with Crippen molar-refractivity contribution in [3.05, 3.63) is 16.9 Å². The summed E-state index contributed by atoms with van der Waals surface area (Å²) in [5, 5.41) is 7.42. The summed E-state index contributed by atoms with van der Waals surface area (Å²) in [5.41, 5.74) is 7.76. The number of hydrogen-bond acceptors (Lipinski definition) is 7. The van der Waals surface area contributed by atoms with Crippen LogP contribution in [0.3, 0.4) is 0 Å². The summed E-state index contributed by atoms with van der Waals surface area (Å²) in [5.74, 6) is 1.32. The molecule has 7 heteroatoms. The lowest BCUT2D eigenvalue weighted by Crippen LogP contribution is -2.17. The number of nitrogen functional groups attached to an aromatic ring is 1. The van der Waals surface area contributed by atoms with E-state index in [9.17, 15) is 0 Å². The van der Waals surface area contributed by atoms with Crippen LogP contribution in [0.2, 0.25) is 0 Å². The highest BCUT2D eigenvalue weighted by molar-refractivity contribution is 7.15. The third kappa shape index (κ3) is 3.07. The second kappa shape index (κ2) is 5.85. The zero-order valence-electron chi connectivity index (χ0n) is 12.3. The van der Waals surface area contributed by atoms with Crippen molar-refractivity contribution in [2.75, 3.05) is 16.4 Å². The fourth-order valence-electron chi connectivity index (χ4n) is 2.50. The molecule has 1 saturated carbocycles. The molecule has 2 aromatic rings. The molecule has 2 aromatic heterocycles. The molecule has 0 amide bonds. The van der Waals surface area contributed by atoms with E-state index >= 15 is 0 Å². The number of nitrogens with zero attached hydrogens (tertiary/aromatic N) is 3. The van der Waals surface area contributed by atoms with Gasteiger partial charge in [0.1, 0.15) is 12.0 Å². The van der Waals surface area contributed by atoms with Crippen molar-refractivity contribution in [1.82, 2.24) is 15.0 Å². The molecule has 0 aromatic carbocycles. The quantitative estimate of drug-likeness (QED) is 0.803. The summed E-state index contributed by atoms with van der Waals surface area (Å²) < 4.78 is 0. The highest BCUT2D eigenvalue weighted by Gasteiger charge is 2.18. The number of nitrogens with one attached hydrogen (secondary N) is 2. The number of rotatable bonds is 4. The molecule has 0 aliphatic heterocycles. The lowest BCUT2D eigenvalue weighted by atomic mass is 10.2. The maximum absolute atomic E-state index is 6.18. The lowest BCUT2D eigenvalue weighted by molar-refractivity contribution is 0.750. The molecule has 0 saturated heterocycles. The van der Waals surface area contributed by atoms with E-state index in [0.29, 0.717) is 23.4 Å². The monoisotopic (exact) mass is 304 g/mol. The summed E-state index contributed by atoms with van der Waals surface area (Å²) >= 11 is 1.60. The standard InChI is InChI=1S/C14H20N6S/c1-8-9(2)21-14(18-8)20-13-11(15)12(16-7-17-13)19-10-5-3-4-6-10/h7,10H,3-6,15H2,1-2H3,(H2,16,17,18,19,20). The number of hydrogen-bond donors (Lipinski definition) is 3. The van der Waals surface area contributed by atoms with Crippen LogP contribution in [0.15, 0.2) is 6.33 Å².